The summed E-state index contributed by atoms with van der Waals surface area (Å²) >= 11 is 3.26. The standard InChI is InChI=1S/C10H14N2OS2/c1-9(13-2)12-15-8-7-14-10-5-3-4-6-11-10/h3-6H,7-8H2,1-2H3/b12-9+. The first-order valence-corrected chi connectivity index (χ1v) is 6.50. The van der Waals surface area contributed by atoms with Gasteiger partial charge in [-0.05, 0) is 24.1 Å². The van der Waals surface area contributed by atoms with Crippen LogP contribution in [0.25, 0.3) is 0 Å². The van der Waals surface area contributed by atoms with E-state index in [9.17, 15) is 0 Å². The number of aromatic nitrogens is 1. The lowest BCUT2D eigenvalue weighted by Gasteiger charge is -1.99. The van der Waals surface area contributed by atoms with E-state index in [1.54, 1.807) is 18.9 Å². The van der Waals surface area contributed by atoms with Crippen molar-refractivity contribution >= 4 is 29.6 Å². The van der Waals surface area contributed by atoms with Crippen molar-refractivity contribution in [3.8, 4) is 0 Å². The largest absolute Gasteiger partial charge is 0.484 e. The first kappa shape index (κ1) is 12.4. The van der Waals surface area contributed by atoms with Crippen molar-refractivity contribution in [3.63, 3.8) is 0 Å². The van der Waals surface area contributed by atoms with Crippen molar-refractivity contribution in [2.75, 3.05) is 18.6 Å². The van der Waals surface area contributed by atoms with Crippen LogP contribution in [0, 0.1) is 0 Å². The zero-order chi connectivity index (χ0) is 10.9. The molecule has 0 saturated carbocycles. The van der Waals surface area contributed by atoms with Gasteiger partial charge in [0.1, 0.15) is 0 Å². The Morgan fingerprint density at radius 2 is 2.33 bits per heavy atom. The van der Waals surface area contributed by atoms with E-state index in [1.807, 2.05) is 31.3 Å². The average molecular weight is 242 g/mol. The molecule has 0 N–H and O–H groups in total. The number of hydrogen-bond acceptors (Lipinski definition) is 5. The second kappa shape index (κ2) is 7.59. The molecule has 0 atom stereocenters. The van der Waals surface area contributed by atoms with Crippen LogP contribution in [0.15, 0.2) is 33.8 Å². The number of ether oxygens (including phenoxy) is 1. The van der Waals surface area contributed by atoms with Gasteiger partial charge in [-0.3, -0.25) is 0 Å². The van der Waals surface area contributed by atoms with Gasteiger partial charge in [-0.25, -0.2) is 4.98 Å². The molecule has 15 heavy (non-hydrogen) atoms. The van der Waals surface area contributed by atoms with Crippen LogP contribution < -0.4 is 0 Å². The summed E-state index contributed by atoms with van der Waals surface area (Å²) in [7, 11) is 1.63. The zero-order valence-electron chi connectivity index (χ0n) is 8.84. The maximum atomic E-state index is 4.93. The molecule has 0 aliphatic rings. The first-order valence-electron chi connectivity index (χ1n) is 4.57. The summed E-state index contributed by atoms with van der Waals surface area (Å²) in [6, 6.07) is 5.93. The first-order chi connectivity index (χ1) is 7.33. The van der Waals surface area contributed by atoms with Crippen molar-refractivity contribution in [1.29, 1.82) is 0 Å². The van der Waals surface area contributed by atoms with Crippen molar-refractivity contribution in [3.05, 3.63) is 24.4 Å². The van der Waals surface area contributed by atoms with Gasteiger partial charge in [-0.1, -0.05) is 6.07 Å². The lowest BCUT2D eigenvalue weighted by Crippen LogP contribution is -1.92. The lowest BCUT2D eigenvalue weighted by atomic mass is 10.5. The van der Waals surface area contributed by atoms with E-state index in [-0.39, 0.29) is 0 Å². The molecule has 0 saturated heterocycles. The van der Waals surface area contributed by atoms with Crippen LogP contribution in [-0.2, 0) is 4.74 Å². The quantitative estimate of drug-likeness (QED) is 0.261. The van der Waals surface area contributed by atoms with Crippen LogP contribution in [0.5, 0.6) is 0 Å². The molecule has 0 radical (unpaired) electrons. The van der Waals surface area contributed by atoms with Crippen LogP contribution in [0.3, 0.4) is 0 Å². The molecule has 0 unspecified atom stereocenters. The van der Waals surface area contributed by atoms with E-state index >= 15 is 0 Å². The van der Waals surface area contributed by atoms with Crippen LogP contribution in [-0.4, -0.2) is 29.5 Å². The van der Waals surface area contributed by atoms with E-state index in [2.05, 4.69) is 9.38 Å². The highest BCUT2D eigenvalue weighted by Gasteiger charge is 1.94. The molecule has 82 valence electrons. The second-order valence-corrected chi connectivity index (χ2v) is 4.63. The van der Waals surface area contributed by atoms with Gasteiger partial charge in [0.05, 0.1) is 12.1 Å². The molecular weight excluding hydrogens is 228 g/mol. The summed E-state index contributed by atoms with van der Waals surface area (Å²) in [5, 5.41) is 1.06. The van der Waals surface area contributed by atoms with E-state index < -0.39 is 0 Å². The maximum Gasteiger partial charge on any atom is 0.191 e. The molecule has 1 aromatic rings. The number of hydrogen-bond donors (Lipinski definition) is 0. The summed E-state index contributed by atoms with van der Waals surface area (Å²) in [6.45, 7) is 1.85. The second-order valence-electron chi connectivity index (χ2n) is 2.66. The SMILES string of the molecule is CO/C(C)=N/SCCSc1ccccn1. The summed E-state index contributed by atoms with van der Waals surface area (Å²) in [5.41, 5.74) is 0. The van der Waals surface area contributed by atoms with Crippen LogP contribution >= 0.6 is 23.7 Å². The molecule has 0 aliphatic carbocycles. The van der Waals surface area contributed by atoms with Crippen molar-refractivity contribution in [1.82, 2.24) is 4.98 Å². The molecule has 0 bridgehead atoms. The van der Waals surface area contributed by atoms with Crippen LogP contribution in [0.4, 0.5) is 0 Å². The van der Waals surface area contributed by atoms with Gasteiger partial charge in [0, 0.05) is 24.6 Å². The molecule has 0 aliphatic heterocycles. The molecule has 0 fully saturated rings. The fourth-order valence-corrected chi connectivity index (χ4v) is 2.29. The fraction of sp³-hybridized carbons (Fsp3) is 0.400. The van der Waals surface area contributed by atoms with Gasteiger partial charge >= 0.3 is 0 Å². The summed E-state index contributed by atoms with van der Waals surface area (Å²) in [5.74, 6) is 2.67. The molecule has 1 heterocycles. The topological polar surface area (TPSA) is 34.5 Å². The van der Waals surface area contributed by atoms with E-state index in [4.69, 9.17) is 4.74 Å². The summed E-state index contributed by atoms with van der Waals surface area (Å²) in [4.78, 5) is 4.22. The van der Waals surface area contributed by atoms with Gasteiger partial charge in [0.15, 0.2) is 5.90 Å². The van der Waals surface area contributed by atoms with Crippen molar-refractivity contribution in [2.45, 2.75) is 11.9 Å². The molecule has 0 amide bonds. The van der Waals surface area contributed by atoms with Gasteiger partial charge in [-0.15, -0.1) is 11.8 Å². The Hall–Kier alpha value is -0.680. The number of nitrogens with zero attached hydrogens (tertiary/aromatic N) is 2. The van der Waals surface area contributed by atoms with E-state index in [0.29, 0.717) is 5.90 Å². The Morgan fingerprint density at radius 3 is 3.00 bits per heavy atom. The highest BCUT2D eigenvalue weighted by molar-refractivity contribution is 8.02. The zero-order valence-corrected chi connectivity index (χ0v) is 10.5. The Morgan fingerprint density at radius 1 is 1.47 bits per heavy atom. The number of pyridine rings is 1. The van der Waals surface area contributed by atoms with Crippen molar-refractivity contribution < 1.29 is 4.74 Å². The van der Waals surface area contributed by atoms with E-state index in [0.717, 1.165) is 16.5 Å². The number of rotatable bonds is 5. The lowest BCUT2D eigenvalue weighted by molar-refractivity contribution is 0.401. The minimum Gasteiger partial charge on any atom is -0.484 e. The third-order valence-electron chi connectivity index (χ3n) is 1.55. The highest BCUT2D eigenvalue weighted by atomic mass is 32.2. The third-order valence-corrected chi connectivity index (χ3v) is 3.53. The number of thioether (sulfide) groups is 1. The fourth-order valence-electron chi connectivity index (χ4n) is 0.790. The number of methoxy groups -OCH3 is 1. The van der Waals surface area contributed by atoms with E-state index in [1.165, 1.54) is 11.9 Å². The normalized spacial score (nSPS) is 11.5. The molecule has 1 rings (SSSR count). The van der Waals surface area contributed by atoms with Crippen LogP contribution in [0.1, 0.15) is 6.92 Å². The highest BCUT2D eigenvalue weighted by Crippen LogP contribution is 2.16. The smallest absolute Gasteiger partial charge is 0.191 e. The van der Waals surface area contributed by atoms with Crippen molar-refractivity contribution in [2.24, 2.45) is 4.40 Å². The predicted octanol–water partition coefficient (Wildman–Crippen LogP) is 2.89. The molecule has 3 nitrogen and oxygen atoms in total. The minimum absolute atomic E-state index is 0.711. The van der Waals surface area contributed by atoms with Gasteiger partial charge in [-0.2, -0.15) is 4.40 Å². The Bertz CT molecular complexity index is 304. The minimum atomic E-state index is 0.711. The summed E-state index contributed by atoms with van der Waals surface area (Å²) < 4.78 is 9.08. The predicted molar refractivity (Wildman–Crippen MR) is 67.5 cm³/mol. The summed E-state index contributed by atoms with van der Waals surface area (Å²) in [6.07, 6.45) is 1.81. The van der Waals surface area contributed by atoms with Gasteiger partial charge < -0.3 is 4.74 Å². The Kier molecular flexibility index (Phi) is 6.27. The maximum absolute atomic E-state index is 4.93. The van der Waals surface area contributed by atoms with Gasteiger partial charge in [0.2, 0.25) is 0 Å². The van der Waals surface area contributed by atoms with Gasteiger partial charge in [0.25, 0.3) is 0 Å². The Labute approximate surface area is 98.9 Å². The monoisotopic (exact) mass is 242 g/mol. The molecule has 0 spiro atoms. The molecule has 5 heteroatoms. The Balaban J connectivity index is 2.13. The third kappa shape index (κ3) is 5.69. The molecule has 1 aromatic heterocycles. The average Bonchev–Trinajstić information content (AvgIpc) is 2.29. The molecule has 0 aromatic carbocycles. The van der Waals surface area contributed by atoms with Crippen LogP contribution in [0.2, 0.25) is 0 Å². The molecular formula is C10H14N2OS2.